The van der Waals surface area contributed by atoms with Gasteiger partial charge in [0.25, 0.3) is 0 Å². The van der Waals surface area contributed by atoms with Crippen LogP contribution >= 0.6 is 0 Å². The summed E-state index contributed by atoms with van der Waals surface area (Å²) in [6, 6.07) is 6.85. The molecule has 1 aromatic carbocycles. The van der Waals surface area contributed by atoms with E-state index < -0.39 is 24.0 Å². The Bertz CT molecular complexity index is 421. The van der Waals surface area contributed by atoms with Gasteiger partial charge in [-0.25, -0.2) is 0 Å². The molecule has 1 aromatic rings. The first-order chi connectivity index (χ1) is 8.54. The summed E-state index contributed by atoms with van der Waals surface area (Å²) in [7, 11) is 3.00. The van der Waals surface area contributed by atoms with Crippen molar-refractivity contribution in [2.45, 2.75) is 31.0 Å². The predicted octanol–water partition coefficient (Wildman–Crippen LogP) is 0.817. The Balaban J connectivity index is 2.42. The molecule has 0 aliphatic carbocycles. The zero-order valence-electron chi connectivity index (χ0n) is 10.8. The molecule has 2 rings (SSSR count). The number of hydrogen-bond acceptors (Lipinski definition) is 5. The Kier molecular flexibility index (Phi) is 3.59. The Labute approximate surface area is 106 Å². The van der Waals surface area contributed by atoms with E-state index in [0.717, 1.165) is 5.56 Å². The van der Waals surface area contributed by atoms with Gasteiger partial charge in [-0.3, -0.25) is 0 Å². The summed E-state index contributed by atoms with van der Waals surface area (Å²) >= 11 is 0. The van der Waals surface area contributed by atoms with Crippen molar-refractivity contribution in [3.05, 3.63) is 29.8 Å². The van der Waals surface area contributed by atoms with Crippen LogP contribution in [-0.2, 0) is 9.47 Å². The van der Waals surface area contributed by atoms with Crippen molar-refractivity contribution in [3.8, 4) is 5.75 Å². The standard InChI is InChI=1S/C13H19NO4/c1-13(12(16-2)17-3)11(15)10(14)8-6-4-5-7-9(8)18-13/h4-7,10-12,15H,14H2,1-3H3/t10-,11+,13-/m1/s1. The highest BCUT2D eigenvalue weighted by atomic mass is 16.7. The summed E-state index contributed by atoms with van der Waals surface area (Å²) in [5, 5.41) is 10.4. The van der Waals surface area contributed by atoms with Gasteiger partial charge in [0.2, 0.25) is 0 Å². The summed E-state index contributed by atoms with van der Waals surface area (Å²) in [6.45, 7) is 1.73. The molecule has 0 spiro atoms. The van der Waals surface area contributed by atoms with Gasteiger partial charge in [-0.2, -0.15) is 0 Å². The van der Waals surface area contributed by atoms with Crippen molar-refractivity contribution in [1.82, 2.24) is 0 Å². The molecule has 0 aromatic heterocycles. The molecule has 0 amide bonds. The maximum absolute atomic E-state index is 10.4. The van der Waals surface area contributed by atoms with Crippen LogP contribution in [0.4, 0.5) is 0 Å². The van der Waals surface area contributed by atoms with Gasteiger partial charge in [-0.1, -0.05) is 18.2 Å². The van der Waals surface area contributed by atoms with Crippen molar-refractivity contribution in [2.24, 2.45) is 5.73 Å². The molecule has 0 radical (unpaired) electrons. The molecule has 1 heterocycles. The average Bonchev–Trinajstić information content (AvgIpc) is 2.37. The molecule has 100 valence electrons. The summed E-state index contributed by atoms with van der Waals surface area (Å²) in [5.41, 5.74) is 5.81. The van der Waals surface area contributed by atoms with Gasteiger partial charge in [0.05, 0.1) is 6.04 Å². The van der Waals surface area contributed by atoms with Crippen LogP contribution in [0.1, 0.15) is 18.5 Å². The van der Waals surface area contributed by atoms with E-state index in [1.165, 1.54) is 14.2 Å². The van der Waals surface area contributed by atoms with E-state index in [0.29, 0.717) is 5.75 Å². The van der Waals surface area contributed by atoms with E-state index in [-0.39, 0.29) is 0 Å². The minimum Gasteiger partial charge on any atom is -0.479 e. The number of aliphatic hydroxyl groups excluding tert-OH is 1. The molecule has 5 heteroatoms. The largest absolute Gasteiger partial charge is 0.479 e. The predicted molar refractivity (Wildman–Crippen MR) is 66.2 cm³/mol. The van der Waals surface area contributed by atoms with Crippen LogP contribution in [0, 0.1) is 0 Å². The zero-order chi connectivity index (χ0) is 13.3. The van der Waals surface area contributed by atoms with Gasteiger partial charge >= 0.3 is 0 Å². The molecule has 3 atom stereocenters. The maximum atomic E-state index is 10.4. The molecule has 1 aliphatic heterocycles. The lowest BCUT2D eigenvalue weighted by molar-refractivity contribution is -0.237. The van der Waals surface area contributed by atoms with Crippen LogP contribution < -0.4 is 10.5 Å². The number of nitrogens with two attached hydrogens (primary N) is 1. The number of fused-ring (bicyclic) bond motifs is 1. The lowest BCUT2D eigenvalue weighted by atomic mass is 9.85. The number of para-hydroxylation sites is 1. The van der Waals surface area contributed by atoms with E-state index in [9.17, 15) is 5.11 Å². The van der Waals surface area contributed by atoms with Crippen LogP contribution in [0.15, 0.2) is 24.3 Å². The lowest BCUT2D eigenvalue weighted by Gasteiger charge is -2.45. The zero-order valence-corrected chi connectivity index (χ0v) is 10.8. The van der Waals surface area contributed by atoms with Crippen LogP contribution in [0.2, 0.25) is 0 Å². The molecule has 0 unspecified atom stereocenters. The van der Waals surface area contributed by atoms with Crippen molar-refractivity contribution < 1.29 is 19.3 Å². The Morgan fingerprint density at radius 1 is 1.33 bits per heavy atom. The molecule has 18 heavy (non-hydrogen) atoms. The Morgan fingerprint density at radius 2 is 1.94 bits per heavy atom. The second-order valence-corrected chi connectivity index (χ2v) is 4.60. The molecule has 0 fully saturated rings. The minimum atomic E-state index is -1.04. The third-order valence-electron chi connectivity index (χ3n) is 3.43. The van der Waals surface area contributed by atoms with Gasteiger partial charge in [0.15, 0.2) is 11.9 Å². The quantitative estimate of drug-likeness (QED) is 0.780. The Hall–Kier alpha value is -1.14. The fraction of sp³-hybridized carbons (Fsp3) is 0.538. The van der Waals surface area contributed by atoms with Crippen molar-refractivity contribution in [1.29, 1.82) is 0 Å². The van der Waals surface area contributed by atoms with E-state index in [2.05, 4.69) is 0 Å². The SMILES string of the molecule is COC(OC)[C@]1(C)Oc2ccccc2[C@@H](N)[C@@H]1O. The number of rotatable bonds is 3. The number of benzene rings is 1. The lowest BCUT2D eigenvalue weighted by Crippen LogP contribution is -2.61. The first kappa shape index (κ1) is 13.3. The number of methoxy groups -OCH3 is 2. The fourth-order valence-electron chi connectivity index (χ4n) is 2.42. The highest BCUT2D eigenvalue weighted by Crippen LogP contribution is 2.40. The van der Waals surface area contributed by atoms with Gasteiger partial charge in [0.1, 0.15) is 11.9 Å². The Morgan fingerprint density at radius 3 is 2.56 bits per heavy atom. The number of ether oxygens (including phenoxy) is 3. The average molecular weight is 253 g/mol. The number of aliphatic hydroxyl groups is 1. The van der Waals surface area contributed by atoms with Gasteiger partial charge in [-0.15, -0.1) is 0 Å². The maximum Gasteiger partial charge on any atom is 0.199 e. The number of hydrogen-bond donors (Lipinski definition) is 2. The third-order valence-corrected chi connectivity index (χ3v) is 3.43. The highest BCUT2D eigenvalue weighted by molar-refractivity contribution is 5.40. The second kappa shape index (κ2) is 4.85. The van der Waals surface area contributed by atoms with Crippen LogP contribution in [0.3, 0.4) is 0 Å². The van der Waals surface area contributed by atoms with Crippen molar-refractivity contribution in [2.75, 3.05) is 14.2 Å². The van der Waals surface area contributed by atoms with Gasteiger partial charge in [0, 0.05) is 19.8 Å². The summed E-state index contributed by atoms with van der Waals surface area (Å²) in [5.74, 6) is 0.650. The second-order valence-electron chi connectivity index (χ2n) is 4.60. The molecule has 0 bridgehead atoms. The normalized spacial score (nSPS) is 31.0. The molecular weight excluding hydrogens is 234 g/mol. The first-order valence-electron chi connectivity index (χ1n) is 5.81. The van der Waals surface area contributed by atoms with E-state index in [4.69, 9.17) is 19.9 Å². The van der Waals surface area contributed by atoms with E-state index in [1.807, 2.05) is 24.3 Å². The van der Waals surface area contributed by atoms with Gasteiger partial charge in [-0.05, 0) is 13.0 Å². The molecule has 0 saturated heterocycles. The van der Waals surface area contributed by atoms with Crippen LogP contribution in [0.25, 0.3) is 0 Å². The molecular formula is C13H19NO4. The third kappa shape index (κ3) is 1.89. The molecule has 5 nitrogen and oxygen atoms in total. The highest BCUT2D eigenvalue weighted by Gasteiger charge is 2.50. The van der Waals surface area contributed by atoms with Crippen LogP contribution in [-0.4, -0.2) is 37.3 Å². The van der Waals surface area contributed by atoms with Crippen LogP contribution in [0.5, 0.6) is 5.75 Å². The van der Waals surface area contributed by atoms with Gasteiger partial charge < -0.3 is 25.1 Å². The van der Waals surface area contributed by atoms with E-state index in [1.54, 1.807) is 6.92 Å². The van der Waals surface area contributed by atoms with E-state index >= 15 is 0 Å². The topological polar surface area (TPSA) is 73.9 Å². The molecule has 1 aliphatic rings. The van der Waals surface area contributed by atoms with Crippen molar-refractivity contribution >= 4 is 0 Å². The molecule has 3 N–H and O–H groups in total. The fourth-order valence-corrected chi connectivity index (χ4v) is 2.42. The summed E-state index contributed by atoms with van der Waals surface area (Å²) in [4.78, 5) is 0. The summed E-state index contributed by atoms with van der Waals surface area (Å²) in [6.07, 6.45) is -1.62. The summed E-state index contributed by atoms with van der Waals surface area (Å²) < 4.78 is 16.3. The first-order valence-corrected chi connectivity index (χ1v) is 5.81. The monoisotopic (exact) mass is 253 g/mol. The minimum absolute atomic E-state index is 0.534. The molecule has 0 saturated carbocycles. The smallest absolute Gasteiger partial charge is 0.199 e. The van der Waals surface area contributed by atoms with Crippen molar-refractivity contribution in [3.63, 3.8) is 0 Å².